The summed E-state index contributed by atoms with van der Waals surface area (Å²) in [4.78, 5) is 33.4. The molecule has 2 aromatic carbocycles. The van der Waals surface area contributed by atoms with Gasteiger partial charge in [-0.2, -0.15) is 0 Å². The number of furan rings is 1. The standard InChI is InChI=1S/C28H29N3O5/c1-4-35-28(34)22-17(2)36-27-21-8-6-5-7-20(21)26(33)24(23(22)27)25(19-9-11-29-12-10-19)31-15-13-30(14-16-31)18(3)32/h5-12,25,33H,4,13-16H2,1-3H3. The van der Waals surface area contributed by atoms with Crippen LogP contribution in [-0.4, -0.2) is 64.6 Å². The SMILES string of the molecule is CCOC(=O)c1c(C)oc2c1c(C(c1ccncc1)N1CCN(C(C)=O)CC1)c(O)c1ccccc12. The molecule has 1 unspecified atom stereocenters. The number of esters is 1. The van der Waals surface area contributed by atoms with Crippen molar-refractivity contribution in [3.63, 3.8) is 0 Å². The van der Waals surface area contributed by atoms with Gasteiger partial charge in [0.25, 0.3) is 0 Å². The molecule has 5 rings (SSSR count). The number of phenolic OH excluding ortho intramolecular Hbond substituents is 1. The molecular formula is C28H29N3O5. The Balaban J connectivity index is 1.81. The predicted molar refractivity (Wildman–Crippen MR) is 136 cm³/mol. The highest BCUT2D eigenvalue weighted by molar-refractivity contribution is 6.16. The van der Waals surface area contributed by atoms with Crippen LogP contribution in [0.5, 0.6) is 5.75 Å². The van der Waals surface area contributed by atoms with Crippen molar-refractivity contribution in [2.24, 2.45) is 0 Å². The van der Waals surface area contributed by atoms with Gasteiger partial charge in [0, 0.05) is 67.2 Å². The van der Waals surface area contributed by atoms with Crippen LogP contribution in [0.4, 0.5) is 0 Å². The molecule has 1 fully saturated rings. The number of carbonyl (C=O) groups excluding carboxylic acids is 2. The lowest BCUT2D eigenvalue weighted by molar-refractivity contribution is -0.130. The number of nitrogens with zero attached hydrogens (tertiary/aromatic N) is 3. The van der Waals surface area contributed by atoms with E-state index in [-0.39, 0.29) is 18.3 Å². The maximum atomic E-state index is 13.2. The number of amides is 1. The number of aromatic nitrogens is 1. The molecule has 0 radical (unpaired) electrons. The molecule has 8 heteroatoms. The third-order valence-corrected chi connectivity index (χ3v) is 6.94. The second kappa shape index (κ2) is 9.62. The van der Waals surface area contributed by atoms with Crippen molar-refractivity contribution >= 4 is 33.6 Å². The van der Waals surface area contributed by atoms with E-state index < -0.39 is 12.0 Å². The smallest absolute Gasteiger partial charge is 0.342 e. The van der Waals surface area contributed by atoms with Gasteiger partial charge in [-0.05, 0) is 31.5 Å². The molecular weight excluding hydrogens is 458 g/mol. The van der Waals surface area contributed by atoms with Gasteiger partial charge in [0.15, 0.2) is 0 Å². The van der Waals surface area contributed by atoms with Gasteiger partial charge >= 0.3 is 5.97 Å². The summed E-state index contributed by atoms with van der Waals surface area (Å²) in [6, 6.07) is 10.9. The van der Waals surface area contributed by atoms with Gasteiger partial charge in [0.2, 0.25) is 5.91 Å². The number of phenols is 1. The minimum Gasteiger partial charge on any atom is -0.507 e. The van der Waals surface area contributed by atoms with Crippen LogP contribution in [0.15, 0.2) is 53.2 Å². The Hall–Kier alpha value is -3.91. The summed E-state index contributed by atoms with van der Waals surface area (Å²) in [5, 5.41) is 13.7. The topological polar surface area (TPSA) is 96.1 Å². The van der Waals surface area contributed by atoms with Crippen molar-refractivity contribution in [3.8, 4) is 5.75 Å². The normalized spacial score (nSPS) is 15.4. The minimum absolute atomic E-state index is 0.0427. The molecule has 1 saturated heterocycles. The number of pyridine rings is 1. The fraction of sp³-hybridized carbons (Fsp3) is 0.321. The summed E-state index contributed by atoms with van der Waals surface area (Å²) in [7, 11) is 0. The van der Waals surface area contributed by atoms with E-state index in [4.69, 9.17) is 9.15 Å². The molecule has 1 N–H and O–H groups in total. The van der Waals surface area contributed by atoms with Gasteiger partial charge in [-0.15, -0.1) is 0 Å². The molecule has 1 aliphatic heterocycles. The molecule has 1 aliphatic rings. The van der Waals surface area contributed by atoms with Crippen molar-refractivity contribution in [2.75, 3.05) is 32.8 Å². The van der Waals surface area contributed by atoms with E-state index in [1.54, 1.807) is 33.2 Å². The van der Waals surface area contributed by atoms with Gasteiger partial charge in [-0.1, -0.05) is 24.3 Å². The Kier molecular flexibility index (Phi) is 6.36. The van der Waals surface area contributed by atoms with Crippen LogP contribution in [0, 0.1) is 6.92 Å². The van der Waals surface area contributed by atoms with Crippen molar-refractivity contribution in [3.05, 3.63) is 71.2 Å². The largest absolute Gasteiger partial charge is 0.507 e. The molecule has 1 atom stereocenters. The van der Waals surface area contributed by atoms with E-state index in [9.17, 15) is 14.7 Å². The average Bonchev–Trinajstić information content (AvgIpc) is 3.24. The fourth-order valence-corrected chi connectivity index (χ4v) is 5.26. The predicted octanol–water partition coefficient (Wildman–Crippen LogP) is 4.43. The van der Waals surface area contributed by atoms with E-state index in [1.165, 1.54) is 0 Å². The average molecular weight is 488 g/mol. The zero-order chi connectivity index (χ0) is 25.4. The van der Waals surface area contributed by atoms with Gasteiger partial charge in [0.1, 0.15) is 22.7 Å². The molecule has 4 aromatic rings. The number of carbonyl (C=O) groups is 2. The van der Waals surface area contributed by atoms with Crippen molar-refractivity contribution in [2.45, 2.75) is 26.8 Å². The van der Waals surface area contributed by atoms with Crippen LogP contribution in [0.1, 0.15) is 47.1 Å². The fourth-order valence-electron chi connectivity index (χ4n) is 5.26. The van der Waals surface area contributed by atoms with Gasteiger partial charge in [-0.3, -0.25) is 14.7 Å². The number of aryl methyl sites for hydroxylation is 1. The van der Waals surface area contributed by atoms with E-state index in [0.717, 1.165) is 10.9 Å². The number of rotatable bonds is 5. The number of hydrogen-bond acceptors (Lipinski definition) is 7. The summed E-state index contributed by atoms with van der Waals surface area (Å²) in [5.41, 5.74) is 2.37. The molecule has 1 amide bonds. The highest BCUT2D eigenvalue weighted by Gasteiger charge is 2.35. The maximum Gasteiger partial charge on any atom is 0.342 e. The van der Waals surface area contributed by atoms with Crippen LogP contribution < -0.4 is 0 Å². The Morgan fingerprint density at radius 2 is 1.75 bits per heavy atom. The van der Waals surface area contributed by atoms with Gasteiger partial charge in [0.05, 0.1) is 12.6 Å². The first-order chi connectivity index (χ1) is 17.4. The van der Waals surface area contributed by atoms with Gasteiger partial charge in [-0.25, -0.2) is 4.79 Å². The number of ether oxygens (including phenoxy) is 1. The van der Waals surface area contributed by atoms with Crippen LogP contribution in [0.2, 0.25) is 0 Å². The highest BCUT2D eigenvalue weighted by atomic mass is 16.5. The summed E-state index contributed by atoms with van der Waals surface area (Å²) in [6.45, 7) is 7.66. The Morgan fingerprint density at radius 1 is 1.08 bits per heavy atom. The first kappa shape index (κ1) is 23.8. The monoisotopic (exact) mass is 487 g/mol. The number of aromatic hydroxyl groups is 1. The number of piperazine rings is 1. The summed E-state index contributed by atoms with van der Waals surface area (Å²) in [6.07, 6.45) is 3.44. The van der Waals surface area contributed by atoms with Crippen LogP contribution >= 0.6 is 0 Å². The molecule has 186 valence electrons. The summed E-state index contributed by atoms with van der Waals surface area (Å²) >= 11 is 0. The third-order valence-electron chi connectivity index (χ3n) is 6.94. The van der Waals surface area contributed by atoms with Crippen molar-refractivity contribution in [1.82, 2.24) is 14.8 Å². The summed E-state index contributed by atoms with van der Waals surface area (Å²) < 4.78 is 11.6. The minimum atomic E-state index is -0.487. The number of fused-ring (bicyclic) bond motifs is 3. The zero-order valence-electron chi connectivity index (χ0n) is 20.7. The Morgan fingerprint density at radius 3 is 2.39 bits per heavy atom. The second-order valence-corrected chi connectivity index (χ2v) is 8.99. The molecule has 36 heavy (non-hydrogen) atoms. The third kappa shape index (κ3) is 3.97. The summed E-state index contributed by atoms with van der Waals surface area (Å²) in [5.74, 6) is 0.0938. The molecule has 0 spiro atoms. The zero-order valence-corrected chi connectivity index (χ0v) is 20.7. The first-order valence-corrected chi connectivity index (χ1v) is 12.2. The lowest BCUT2D eigenvalue weighted by Gasteiger charge is -2.40. The van der Waals surface area contributed by atoms with Crippen molar-refractivity contribution in [1.29, 1.82) is 0 Å². The van der Waals surface area contributed by atoms with Crippen LogP contribution in [0.25, 0.3) is 21.7 Å². The van der Waals surface area contributed by atoms with Gasteiger partial charge < -0.3 is 19.2 Å². The lowest BCUT2D eigenvalue weighted by Crippen LogP contribution is -2.49. The van der Waals surface area contributed by atoms with Crippen LogP contribution in [0.3, 0.4) is 0 Å². The molecule has 0 bridgehead atoms. The molecule has 2 aromatic heterocycles. The number of benzene rings is 2. The van der Waals surface area contributed by atoms with E-state index in [2.05, 4.69) is 9.88 Å². The molecule has 8 nitrogen and oxygen atoms in total. The van der Waals surface area contributed by atoms with E-state index in [1.807, 2.05) is 41.3 Å². The maximum absolute atomic E-state index is 13.2. The number of hydrogen-bond donors (Lipinski definition) is 1. The lowest BCUT2D eigenvalue weighted by atomic mass is 9.89. The molecule has 3 heterocycles. The van der Waals surface area contributed by atoms with E-state index >= 15 is 0 Å². The second-order valence-electron chi connectivity index (χ2n) is 8.99. The van der Waals surface area contributed by atoms with E-state index in [0.29, 0.717) is 59.4 Å². The Labute approximate surface area is 209 Å². The molecule has 0 aliphatic carbocycles. The molecule has 0 saturated carbocycles. The first-order valence-electron chi connectivity index (χ1n) is 12.2. The Bertz CT molecular complexity index is 1440. The van der Waals surface area contributed by atoms with Crippen LogP contribution in [-0.2, 0) is 9.53 Å². The quantitative estimate of drug-likeness (QED) is 0.416. The highest BCUT2D eigenvalue weighted by Crippen LogP contribution is 2.47. The van der Waals surface area contributed by atoms with Crippen molar-refractivity contribution < 1.29 is 23.8 Å².